The molecule has 0 aromatic rings. The van der Waals surface area contributed by atoms with E-state index in [-0.39, 0.29) is 0 Å². The minimum atomic E-state index is 0.641. The van der Waals surface area contributed by atoms with Crippen molar-refractivity contribution in [3.63, 3.8) is 0 Å². The molecule has 2 N–H and O–H groups in total. The van der Waals surface area contributed by atoms with E-state index in [0.29, 0.717) is 5.92 Å². The normalized spacial score (nSPS) is 24.4. The number of nitrogens with two attached hydrogens (primary N) is 1. The molecule has 1 heterocycles. The Kier molecular flexibility index (Phi) is 3.40. The fourth-order valence-corrected chi connectivity index (χ4v) is 2.02. The SMILES string of the molecule is NC(=NCCCN1CCCC1)C1CC1. The molecule has 2 aliphatic rings. The summed E-state index contributed by atoms with van der Waals surface area (Å²) >= 11 is 0. The first-order valence-electron chi connectivity index (χ1n) is 5.88. The van der Waals surface area contributed by atoms with E-state index < -0.39 is 0 Å². The molecule has 0 aromatic heterocycles. The van der Waals surface area contributed by atoms with Crippen molar-refractivity contribution < 1.29 is 0 Å². The summed E-state index contributed by atoms with van der Waals surface area (Å²) in [5.41, 5.74) is 5.81. The molecule has 0 spiro atoms. The van der Waals surface area contributed by atoms with Gasteiger partial charge in [-0.3, -0.25) is 4.99 Å². The maximum absolute atomic E-state index is 5.81. The maximum atomic E-state index is 5.81. The molecule has 0 radical (unpaired) electrons. The molecule has 3 heteroatoms. The van der Waals surface area contributed by atoms with Gasteiger partial charge in [0.15, 0.2) is 0 Å². The molecule has 3 nitrogen and oxygen atoms in total. The Bertz CT molecular complexity index is 203. The molecule has 1 saturated carbocycles. The second-order valence-corrected chi connectivity index (χ2v) is 4.48. The Balaban J connectivity index is 1.55. The summed E-state index contributed by atoms with van der Waals surface area (Å²) in [5, 5.41) is 0. The average molecular weight is 195 g/mol. The van der Waals surface area contributed by atoms with E-state index in [0.717, 1.165) is 12.4 Å². The molecule has 0 unspecified atom stereocenters. The molecule has 1 aliphatic heterocycles. The van der Waals surface area contributed by atoms with Crippen LogP contribution in [0.5, 0.6) is 0 Å². The molecule has 1 saturated heterocycles. The molecule has 14 heavy (non-hydrogen) atoms. The number of aliphatic imine (C=N–C) groups is 1. The largest absolute Gasteiger partial charge is 0.387 e. The third-order valence-corrected chi connectivity index (χ3v) is 3.12. The predicted molar refractivity (Wildman–Crippen MR) is 59.5 cm³/mol. The van der Waals surface area contributed by atoms with E-state index in [4.69, 9.17) is 5.73 Å². The summed E-state index contributed by atoms with van der Waals surface area (Å²) in [6.45, 7) is 4.73. The Morgan fingerprint density at radius 2 is 2.00 bits per heavy atom. The highest BCUT2D eigenvalue weighted by molar-refractivity contribution is 5.84. The molecule has 80 valence electrons. The molecule has 0 aromatic carbocycles. The van der Waals surface area contributed by atoms with E-state index in [1.165, 1.54) is 51.7 Å². The lowest BCUT2D eigenvalue weighted by Gasteiger charge is -2.12. The van der Waals surface area contributed by atoms with Gasteiger partial charge in [-0.25, -0.2) is 0 Å². The van der Waals surface area contributed by atoms with Gasteiger partial charge in [-0.15, -0.1) is 0 Å². The van der Waals surface area contributed by atoms with Gasteiger partial charge in [-0.05, 0) is 51.7 Å². The first-order chi connectivity index (χ1) is 6.86. The molecule has 2 rings (SSSR count). The zero-order valence-electron chi connectivity index (χ0n) is 8.91. The van der Waals surface area contributed by atoms with Crippen LogP contribution < -0.4 is 5.73 Å². The smallest absolute Gasteiger partial charge is 0.0968 e. The average Bonchev–Trinajstić information content (AvgIpc) is 2.92. The van der Waals surface area contributed by atoms with Gasteiger partial charge in [0.2, 0.25) is 0 Å². The van der Waals surface area contributed by atoms with Crippen LogP contribution in [-0.2, 0) is 0 Å². The van der Waals surface area contributed by atoms with Gasteiger partial charge in [0.25, 0.3) is 0 Å². The fraction of sp³-hybridized carbons (Fsp3) is 0.909. The summed E-state index contributed by atoms with van der Waals surface area (Å²) in [6, 6.07) is 0. The second-order valence-electron chi connectivity index (χ2n) is 4.48. The summed E-state index contributed by atoms with van der Waals surface area (Å²) in [5.74, 6) is 1.55. The van der Waals surface area contributed by atoms with Crippen LogP contribution in [-0.4, -0.2) is 36.9 Å². The van der Waals surface area contributed by atoms with Crippen molar-refractivity contribution in [3.05, 3.63) is 0 Å². The van der Waals surface area contributed by atoms with E-state index in [1.807, 2.05) is 0 Å². The highest BCUT2D eigenvalue weighted by Crippen LogP contribution is 2.28. The number of hydrogen-bond acceptors (Lipinski definition) is 2. The van der Waals surface area contributed by atoms with Crippen LogP contribution in [0.25, 0.3) is 0 Å². The number of rotatable bonds is 5. The van der Waals surface area contributed by atoms with Gasteiger partial charge < -0.3 is 10.6 Å². The Morgan fingerprint density at radius 1 is 1.29 bits per heavy atom. The lowest BCUT2D eigenvalue weighted by molar-refractivity contribution is 0.336. The quantitative estimate of drug-likeness (QED) is 0.407. The number of amidine groups is 1. The van der Waals surface area contributed by atoms with Crippen LogP contribution in [0.15, 0.2) is 4.99 Å². The van der Waals surface area contributed by atoms with Crippen molar-refractivity contribution in [1.29, 1.82) is 0 Å². The summed E-state index contributed by atoms with van der Waals surface area (Å²) in [4.78, 5) is 6.95. The van der Waals surface area contributed by atoms with Gasteiger partial charge in [-0.1, -0.05) is 0 Å². The standard InChI is InChI=1S/C11H21N3/c12-11(10-4-5-10)13-6-3-9-14-7-1-2-8-14/h10H,1-9H2,(H2,12,13). The van der Waals surface area contributed by atoms with Crippen molar-refractivity contribution in [2.45, 2.75) is 32.1 Å². The van der Waals surface area contributed by atoms with Crippen LogP contribution in [0.1, 0.15) is 32.1 Å². The summed E-state index contributed by atoms with van der Waals surface area (Å²) < 4.78 is 0. The Hall–Kier alpha value is -0.570. The highest BCUT2D eigenvalue weighted by Gasteiger charge is 2.24. The zero-order valence-corrected chi connectivity index (χ0v) is 8.91. The number of nitrogens with zero attached hydrogens (tertiary/aromatic N) is 2. The number of likely N-dealkylation sites (tertiary alicyclic amines) is 1. The fourth-order valence-electron chi connectivity index (χ4n) is 2.02. The van der Waals surface area contributed by atoms with Gasteiger partial charge >= 0.3 is 0 Å². The third-order valence-electron chi connectivity index (χ3n) is 3.12. The van der Waals surface area contributed by atoms with E-state index in [1.54, 1.807) is 0 Å². The molecule has 0 atom stereocenters. The van der Waals surface area contributed by atoms with Gasteiger partial charge in [-0.2, -0.15) is 0 Å². The van der Waals surface area contributed by atoms with Gasteiger partial charge in [0.05, 0.1) is 5.84 Å². The van der Waals surface area contributed by atoms with Crippen molar-refractivity contribution in [1.82, 2.24) is 4.90 Å². The minimum Gasteiger partial charge on any atom is -0.387 e. The highest BCUT2D eigenvalue weighted by atomic mass is 15.1. The summed E-state index contributed by atoms with van der Waals surface area (Å²) in [6.07, 6.45) is 6.47. The van der Waals surface area contributed by atoms with Crippen molar-refractivity contribution in [2.75, 3.05) is 26.2 Å². The van der Waals surface area contributed by atoms with Crippen LogP contribution >= 0.6 is 0 Å². The van der Waals surface area contributed by atoms with Crippen LogP contribution in [0, 0.1) is 5.92 Å². The van der Waals surface area contributed by atoms with Crippen molar-refractivity contribution >= 4 is 5.84 Å². The van der Waals surface area contributed by atoms with Crippen LogP contribution in [0.4, 0.5) is 0 Å². The van der Waals surface area contributed by atoms with Gasteiger partial charge in [0.1, 0.15) is 0 Å². The molecular weight excluding hydrogens is 174 g/mol. The molecule has 2 fully saturated rings. The minimum absolute atomic E-state index is 0.641. The van der Waals surface area contributed by atoms with E-state index >= 15 is 0 Å². The first-order valence-corrected chi connectivity index (χ1v) is 5.88. The van der Waals surface area contributed by atoms with Crippen molar-refractivity contribution in [2.24, 2.45) is 16.6 Å². The predicted octanol–water partition coefficient (Wildman–Crippen LogP) is 1.24. The molecular formula is C11H21N3. The monoisotopic (exact) mass is 195 g/mol. The van der Waals surface area contributed by atoms with Gasteiger partial charge in [0, 0.05) is 12.5 Å². The Morgan fingerprint density at radius 3 is 2.64 bits per heavy atom. The van der Waals surface area contributed by atoms with E-state index in [2.05, 4.69) is 9.89 Å². The van der Waals surface area contributed by atoms with Crippen LogP contribution in [0.3, 0.4) is 0 Å². The third kappa shape index (κ3) is 2.98. The lowest BCUT2D eigenvalue weighted by Crippen LogP contribution is -2.21. The number of hydrogen-bond donors (Lipinski definition) is 1. The van der Waals surface area contributed by atoms with E-state index in [9.17, 15) is 0 Å². The molecule has 0 amide bonds. The molecule has 0 bridgehead atoms. The molecule has 1 aliphatic carbocycles. The second kappa shape index (κ2) is 4.78. The van der Waals surface area contributed by atoms with Crippen molar-refractivity contribution in [3.8, 4) is 0 Å². The zero-order chi connectivity index (χ0) is 9.80. The summed E-state index contributed by atoms with van der Waals surface area (Å²) in [7, 11) is 0. The van der Waals surface area contributed by atoms with Crippen LogP contribution in [0.2, 0.25) is 0 Å². The Labute approximate surface area is 86.4 Å². The lowest BCUT2D eigenvalue weighted by atomic mass is 10.3. The maximum Gasteiger partial charge on any atom is 0.0968 e. The first kappa shape index (κ1) is 9.97. The topological polar surface area (TPSA) is 41.6 Å².